The third-order valence-corrected chi connectivity index (χ3v) is 4.66. The Labute approximate surface area is 143 Å². The van der Waals surface area contributed by atoms with E-state index in [-0.39, 0.29) is 23.8 Å². The molecule has 1 saturated carbocycles. The third-order valence-electron chi connectivity index (χ3n) is 4.66. The molecule has 2 aliphatic rings. The SMILES string of the molecule is O=C(NCCCNc1cccnc1)[C@@H]1CCCCN1C(=O)C1CC1. The van der Waals surface area contributed by atoms with Crippen LogP contribution in [0.4, 0.5) is 5.69 Å². The summed E-state index contributed by atoms with van der Waals surface area (Å²) in [6, 6.07) is 3.59. The molecule has 2 fully saturated rings. The first-order valence-electron chi connectivity index (χ1n) is 8.98. The number of carbonyl (C=O) groups excluding carboxylic acids is 2. The fourth-order valence-electron chi connectivity index (χ4n) is 3.15. The molecule has 24 heavy (non-hydrogen) atoms. The molecule has 1 atom stereocenters. The number of likely N-dealkylation sites (tertiary alicyclic amines) is 1. The Bertz CT molecular complexity index is 559. The molecule has 1 aliphatic carbocycles. The van der Waals surface area contributed by atoms with Gasteiger partial charge in [-0.05, 0) is 50.7 Å². The molecule has 0 aromatic carbocycles. The molecule has 1 aromatic rings. The monoisotopic (exact) mass is 330 g/mol. The normalized spacial score (nSPS) is 20.5. The van der Waals surface area contributed by atoms with Crippen LogP contribution in [0.25, 0.3) is 0 Å². The Morgan fingerprint density at radius 2 is 2.08 bits per heavy atom. The largest absolute Gasteiger partial charge is 0.384 e. The van der Waals surface area contributed by atoms with Crippen molar-refractivity contribution in [3.8, 4) is 0 Å². The molecule has 2 heterocycles. The van der Waals surface area contributed by atoms with E-state index >= 15 is 0 Å². The average molecular weight is 330 g/mol. The predicted octanol–water partition coefficient (Wildman–Crippen LogP) is 1.79. The van der Waals surface area contributed by atoms with Gasteiger partial charge in [0.2, 0.25) is 11.8 Å². The minimum atomic E-state index is -0.266. The van der Waals surface area contributed by atoms with Gasteiger partial charge in [0.15, 0.2) is 0 Å². The van der Waals surface area contributed by atoms with Crippen molar-refractivity contribution in [3.05, 3.63) is 24.5 Å². The Morgan fingerprint density at radius 1 is 1.21 bits per heavy atom. The number of anilines is 1. The lowest BCUT2D eigenvalue weighted by Gasteiger charge is -2.35. The molecule has 1 aromatic heterocycles. The molecule has 0 spiro atoms. The fourth-order valence-corrected chi connectivity index (χ4v) is 3.15. The third kappa shape index (κ3) is 4.46. The van der Waals surface area contributed by atoms with Crippen LogP contribution in [0.3, 0.4) is 0 Å². The number of pyridine rings is 1. The molecular weight excluding hydrogens is 304 g/mol. The lowest BCUT2D eigenvalue weighted by molar-refractivity contribution is -0.143. The van der Waals surface area contributed by atoms with Gasteiger partial charge >= 0.3 is 0 Å². The second kappa shape index (κ2) is 8.13. The molecule has 2 amide bonds. The van der Waals surface area contributed by atoms with Crippen LogP contribution in [0.2, 0.25) is 0 Å². The van der Waals surface area contributed by atoms with Gasteiger partial charge in [-0.3, -0.25) is 14.6 Å². The van der Waals surface area contributed by atoms with Crippen LogP contribution < -0.4 is 10.6 Å². The summed E-state index contributed by atoms with van der Waals surface area (Å²) in [5, 5.41) is 6.26. The Balaban J connectivity index is 1.39. The first-order chi connectivity index (χ1) is 11.8. The van der Waals surface area contributed by atoms with E-state index in [0.717, 1.165) is 57.3 Å². The number of hydrogen-bond donors (Lipinski definition) is 2. The van der Waals surface area contributed by atoms with Crippen molar-refractivity contribution >= 4 is 17.5 Å². The minimum Gasteiger partial charge on any atom is -0.384 e. The molecule has 0 bridgehead atoms. The van der Waals surface area contributed by atoms with Crippen molar-refractivity contribution in [1.82, 2.24) is 15.2 Å². The summed E-state index contributed by atoms with van der Waals surface area (Å²) < 4.78 is 0. The highest BCUT2D eigenvalue weighted by Gasteiger charge is 2.39. The zero-order valence-corrected chi connectivity index (χ0v) is 14.0. The lowest BCUT2D eigenvalue weighted by Crippen LogP contribution is -2.52. The molecular formula is C18H26N4O2. The predicted molar refractivity (Wildman–Crippen MR) is 92.4 cm³/mol. The maximum Gasteiger partial charge on any atom is 0.242 e. The van der Waals surface area contributed by atoms with E-state index in [4.69, 9.17) is 0 Å². The summed E-state index contributed by atoms with van der Waals surface area (Å²) in [5.41, 5.74) is 0.984. The number of hydrogen-bond acceptors (Lipinski definition) is 4. The van der Waals surface area contributed by atoms with Crippen molar-refractivity contribution < 1.29 is 9.59 Å². The van der Waals surface area contributed by atoms with Gasteiger partial charge < -0.3 is 15.5 Å². The van der Waals surface area contributed by atoms with Crippen molar-refractivity contribution in [2.75, 3.05) is 25.0 Å². The summed E-state index contributed by atoms with van der Waals surface area (Å²) in [7, 11) is 0. The maximum absolute atomic E-state index is 12.5. The van der Waals surface area contributed by atoms with E-state index in [1.807, 2.05) is 17.0 Å². The Kier molecular flexibility index (Phi) is 5.67. The molecule has 0 radical (unpaired) electrons. The Hall–Kier alpha value is -2.11. The van der Waals surface area contributed by atoms with Gasteiger partial charge in [-0.2, -0.15) is 0 Å². The van der Waals surface area contributed by atoms with Crippen LogP contribution in [0.5, 0.6) is 0 Å². The minimum absolute atomic E-state index is 0.00470. The van der Waals surface area contributed by atoms with E-state index in [0.29, 0.717) is 6.54 Å². The van der Waals surface area contributed by atoms with Crippen molar-refractivity contribution in [2.24, 2.45) is 5.92 Å². The van der Waals surface area contributed by atoms with Gasteiger partial charge in [-0.25, -0.2) is 0 Å². The quantitative estimate of drug-likeness (QED) is 0.748. The van der Waals surface area contributed by atoms with E-state index in [1.54, 1.807) is 12.4 Å². The molecule has 1 saturated heterocycles. The Morgan fingerprint density at radius 3 is 2.83 bits per heavy atom. The van der Waals surface area contributed by atoms with Gasteiger partial charge in [-0.15, -0.1) is 0 Å². The average Bonchev–Trinajstić information content (AvgIpc) is 3.47. The highest BCUT2D eigenvalue weighted by Crippen LogP contribution is 2.33. The zero-order valence-electron chi connectivity index (χ0n) is 14.0. The van der Waals surface area contributed by atoms with Gasteiger partial charge in [0.05, 0.1) is 5.69 Å². The van der Waals surface area contributed by atoms with Crippen LogP contribution in [0.15, 0.2) is 24.5 Å². The summed E-state index contributed by atoms with van der Waals surface area (Å²) in [5.74, 6) is 0.375. The number of nitrogens with one attached hydrogen (secondary N) is 2. The summed E-state index contributed by atoms with van der Waals surface area (Å²) in [4.78, 5) is 30.7. The summed E-state index contributed by atoms with van der Waals surface area (Å²) in [6.45, 7) is 2.13. The van der Waals surface area contributed by atoms with Gasteiger partial charge in [0, 0.05) is 37.9 Å². The molecule has 6 heteroatoms. The van der Waals surface area contributed by atoms with Gasteiger partial charge in [-0.1, -0.05) is 0 Å². The molecule has 130 valence electrons. The lowest BCUT2D eigenvalue weighted by atomic mass is 10.0. The number of amides is 2. The molecule has 2 N–H and O–H groups in total. The van der Waals surface area contributed by atoms with E-state index in [1.165, 1.54) is 0 Å². The highest BCUT2D eigenvalue weighted by atomic mass is 16.2. The molecule has 3 rings (SSSR count). The highest BCUT2D eigenvalue weighted by molar-refractivity contribution is 5.89. The first kappa shape index (κ1) is 16.7. The number of nitrogens with zero attached hydrogens (tertiary/aromatic N) is 2. The van der Waals surface area contributed by atoms with Gasteiger partial charge in [0.25, 0.3) is 0 Å². The number of rotatable bonds is 7. The van der Waals surface area contributed by atoms with Crippen molar-refractivity contribution in [2.45, 2.75) is 44.6 Å². The van der Waals surface area contributed by atoms with Crippen LogP contribution >= 0.6 is 0 Å². The van der Waals surface area contributed by atoms with E-state index in [9.17, 15) is 9.59 Å². The smallest absolute Gasteiger partial charge is 0.242 e. The second-order valence-corrected chi connectivity index (χ2v) is 6.63. The number of piperidine rings is 1. The van der Waals surface area contributed by atoms with Gasteiger partial charge in [0.1, 0.15) is 6.04 Å². The standard InChI is InChI=1S/C18H26N4O2/c23-17(21-11-4-10-20-15-5-3-9-19-13-15)16-6-1-2-12-22(16)18(24)14-7-8-14/h3,5,9,13-14,16,20H,1-2,4,6-8,10-12H2,(H,21,23)/t16-/m0/s1. The molecule has 1 aliphatic heterocycles. The number of carbonyl (C=O) groups is 2. The maximum atomic E-state index is 12.5. The second-order valence-electron chi connectivity index (χ2n) is 6.63. The molecule has 0 unspecified atom stereocenters. The van der Waals surface area contributed by atoms with Crippen LogP contribution in [0.1, 0.15) is 38.5 Å². The topological polar surface area (TPSA) is 74.3 Å². The van der Waals surface area contributed by atoms with E-state index < -0.39 is 0 Å². The van der Waals surface area contributed by atoms with Crippen molar-refractivity contribution in [3.63, 3.8) is 0 Å². The summed E-state index contributed by atoms with van der Waals surface area (Å²) in [6.07, 6.45) is 9.16. The number of aromatic nitrogens is 1. The molecule has 6 nitrogen and oxygen atoms in total. The summed E-state index contributed by atoms with van der Waals surface area (Å²) >= 11 is 0. The fraction of sp³-hybridized carbons (Fsp3) is 0.611. The van der Waals surface area contributed by atoms with E-state index in [2.05, 4.69) is 15.6 Å². The van der Waals surface area contributed by atoms with Crippen LogP contribution in [-0.2, 0) is 9.59 Å². The van der Waals surface area contributed by atoms with Crippen LogP contribution in [0, 0.1) is 5.92 Å². The van der Waals surface area contributed by atoms with Crippen LogP contribution in [-0.4, -0.2) is 47.4 Å². The first-order valence-corrected chi connectivity index (χ1v) is 8.98. The van der Waals surface area contributed by atoms with Crippen molar-refractivity contribution in [1.29, 1.82) is 0 Å². The zero-order chi connectivity index (χ0) is 16.8.